The van der Waals surface area contributed by atoms with Crippen LogP contribution in [0.1, 0.15) is 5.56 Å². The Kier molecular flexibility index (Phi) is 3.00. The second-order valence-electron chi connectivity index (χ2n) is 3.92. The molecule has 0 amide bonds. The Hall–Kier alpha value is -2.02. The third kappa shape index (κ3) is 2.30. The van der Waals surface area contributed by atoms with Crippen LogP contribution in [0.3, 0.4) is 0 Å². The number of phenolic OH excluding ortho intramolecular Hbond substituents is 1. The average Bonchev–Trinajstić information content (AvgIpc) is 2.69. The van der Waals surface area contributed by atoms with Crippen molar-refractivity contribution < 1.29 is 13.5 Å². The summed E-state index contributed by atoms with van der Waals surface area (Å²) in [6.07, 6.45) is 1.39. The minimum absolute atomic E-state index is 0.0301. The molecule has 0 radical (unpaired) electrons. The SMILES string of the molecule is Cc1ccc(NS(=O)(=O)c2ccnn2C)c(O)c1. The Morgan fingerprint density at radius 2 is 2.06 bits per heavy atom. The van der Waals surface area contributed by atoms with E-state index in [0.717, 1.165) is 5.56 Å². The number of aromatic hydroxyl groups is 1. The third-order valence-electron chi connectivity index (χ3n) is 2.45. The van der Waals surface area contributed by atoms with Gasteiger partial charge in [-0.2, -0.15) is 13.5 Å². The molecule has 0 saturated carbocycles. The van der Waals surface area contributed by atoms with E-state index in [4.69, 9.17) is 0 Å². The second kappa shape index (κ2) is 4.34. The fourth-order valence-electron chi connectivity index (χ4n) is 1.55. The Balaban J connectivity index is 2.37. The van der Waals surface area contributed by atoms with E-state index in [1.807, 2.05) is 0 Å². The normalized spacial score (nSPS) is 11.4. The summed E-state index contributed by atoms with van der Waals surface area (Å²) < 4.78 is 27.6. The zero-order valence-corrected chi connectivity index (χ0v) is 10.8. The van der Waals surface area contributed by atoms with Crippen LogP contribution in [0.4, 0.5) is 5.69 Å². The number of rotatable bonds is 3. The topological polar surface area (TPSA) is 84.2 Å². The molecule has 0 unspecified atom stereocenters. The van der Waals surface area contributed by atoms with E-state index in [1.54, 1.807) is 13.0 Å². The lowest BCUT2D eigenvalue weighted by Gasteiger charge is -2.09. The van der Waals surface area contributed by atoms with E-state index in [-0.39, 0.29) is 16.5 Å². The van der Waals surface area contributed by atoms with E-state index in [9.17, 15) is 13.5 Å². The molecular formula is C11H13N3O3S. The minimum Gasteiger partial charge on any atom is -0.506 e. The van der Waals surface area contributed by atoms with Gasteiger partial charge in [0.2, 0.25) is 0 Å². The molecule has 0 atom stereocenters. The van der Waals surface area contributed by atoms with E-state index in [1.165, 1.54) is 36.1 Å². The monoisotopic (exact) mass is 267 g/mol. The summed E-state index contributed by atoms with van der Waals surface area (Å²) in [5, 5.41) is 13.5. The molecule has 0 spiro atoms. The number of benzene rings is 1. The highest BCUT2D eigenvalue weighted by Gasteiger charge is 2.19. The standard InChI is InChI=1S/C11H13N3O3S/c1-8-3-4-9(10(15)7-8)13-18(16,17)11-5-6-12-14(11)2/h3-7,13,15H,1-2H3. The molecule has 1 aromatic carbocycles. The molecule has 6 nitrogen and oxygen atoms in total. The van der Waals surface area contributed by atoms with Crippen LogP contribution in [-0.4, -0.2) is 23.3 Å². The predicted octanol–water partition coefficient (Wildman–Crippen LogP) is 1.23. The van der Waals surface area contributed by atoms with Gasteiger partial charge in [0.25, 0.3) is 10.0 Å². The summed E-state index contributed by atoms with van der Waals surface area (Å²) in [4.78, 5) is 0. The maximum Gasteiger partial charge on any atom is 0.279 e. The zero-order valence-electron chi connectivity index (χ0n) is 9.95. The van der Waals surface area contributed by atoms with Crippen LogP contribution in [0.2, 0.25) is 0 Å². The minimum atomic E-state index is -3.75. The van der Waals surface area contributed by atoms with Gasteiger partial charge in [-0.15, -0.1) is 0 Å². The van der Waals surface area contributed by atoms with Crippen LogP contribution in [0.5, 0.6) is 5.75 Å². The van der Waals surface area contributed by atoms with Gasteiger partial charge in [0.05, 0.1) is 11.9 Å². The molecule has 0 bridgehead atoms. The van der Waals surface area contributed by atoms with Crippen LogP contribution in [0.15, 0.2) is 35.5 Å². The first kappa shape index (κ1) is 12.4. The summed E-state index contributed by atoms with van der Waals surface area (Å²) in [5.41, 5.74) is 0.984. The van der Waals surface area contributed by atoms with Crippen molar-refractivity contribution in [1.82, 2.24) is 9.78 Å². The molecule has 0 fully saturated rings. The highest BCUT2D eigenvalue weighted by atomic mass is 32.2. The molecule has 1 heterocycles. The van der Waals surface area contributed by atoms with Crippen molar-refractivity contribution in [2.75, 3.05) is 4.72 Å². The maximum absolute atomic E-state index is 12.0. The lowest BCUT2D eigenvalue weighted by Crippen LogP contribution is -2.16. The molecule has 18 heavy (non-hydrogen) atoms. The molecule has 0 saturated heterocycles. The lowest BCUT2D eigenvalue weighted by atomic mass is 10.2. The number of anilines is 1. The number of nitrogens with zero attached hydrogens (tertiary/aromatic N) is 2. The average molecular weight is 267 g/mol. The van der Waals surface area contributed by atoms with Crippen LogP contribution in [-0.2, 0) is 17.1 Å². The number of phenols is 1. The fraction of sp³-hybridized carbons (Fsp3) is 0.182. The zero-order chi connectivity index (χ0) is 13.3. The molecular weight excluding hydrogens is 254 g/mol. The Morgan fingerprint density at radius 3 is 2.61 bits per heavy atom. The van der Waals surface area contributed by atoms with Crippen molar-refractivity contribution in [3.8, 4) is 5.75 Å². The Morgan fingerprint density at radius 1 is 1.33 bits per heavy atom. The highest BCUT2D eigenvalue weighted by molar-refractivity contribution is 7.92. The van der Waals surface area contributed by atoms with E-state index in [0.29, 0.717) is 0 Å². The predicted molar refractivity (Wildman–Crippen MR) is 66.9 cm³/mol. The first-order chi connectivity index (χ1) is 8.40. The number of aromatic nitrogens is 2. The summed E-state index contributed by atoms with van der Waals surface area (Å²) >= 11 is 0. The quantitative estimate of drug-likeness (QED) is 0.819. The van der Waals surface area contributed by atoms with Gasteiger partial charge in [-0.3, -0.25) is 9.40 Å². The Bertz CT molecular complexity index is 677. The van der Waals surface area contributed by atoms with Crippen LogP contribution in [0, 0.1) is 6.92 Å². The van der Waals surface area contributed by atoms with Crippen molar-refractivity contribution in [3.05, 3.63) is 36.0 Å². The van der Waals surface area contributed by atoms with E-state index < -0.39 is 10.0 Å². The third-order valence-corrected chi connectivity index (χ3v) is 3.89. The summed E-state index contributed by atoms with van der Waals surface area (Å²) in [6.45, 7) is 1.80. The molecule has 0 aliphatic heterocycles. The number of hydrogen-bond donors (Lipinski definition) is 2. The van der Waals surface area contributed by atoms with Crippen molar-refractivity contribution in [2.45, 2.75) is 11.9 Å². The van der Waals surface area contributed by atoms with Gasteiger partial charge >= 0.3 is 0 Å². The first-order valence-corrected chi connectivity index (χ1v) is 6.69. The molecule has 1 aromatic heterocycles. The van der Waals surface area contributed by atoms with Gasteiger partial charge in [-0.1, -0.05) is 6.07 Å². The lowest BCUT2D eigenvalue weighted by molar-refractivity contribution is 0.477. The van der Waals surface area contributed by atoms with Crippen molar-refractivity contribution in [2.24, 2.45) is 7.05 Å². The molecule has 2 N–H and O–H groups in total. The fourth-order valence-corrected chi connectivity index (χ4v) is 2.75. The molecule has 2 rings (SSSR count). The summed E-state index contributed by atoms with van der Waals surface area (Å²) in [6, 6.07) is 6.09. The van der Waals surface area contributed by atoms with Crippen molar-refractivity contribution >= 4 is 15.7 Å². The Labute approximate surface area is 105 Å². The van der Waals surface area contributed by atoms with Crippen molar-refractivity contribution in [3.63, 3.8) is 0 Å². The molecule has 2 aromatic rings. The van der Waals surface area contributed by atoms with Gasteiger partial charge in [0, 0.05) is 7.05 Å². The largest absolute Gasteiger partial charge is 0.506 e. The van der Waals surface area contributed by atoms with Gasteiger partial charge in [0.1, 0.15) is 5.75 Å². The molecule has 96 valence electrons. The smallest absolute Gasteiger partial charge is 0.279 e. The number of nitrogens with one attached hydrogen (secondary N) is 1. The number of sulfonamides is 1. The summed E-state index contributed by atoms with van der Waals surface area (Å²) in [7, 11) is -2.21. The first-order valence-electron chi connectivity index (χ1n) is 5.20. The van der Waals surface area contributed by atoms with Gasteiger partial charge in [-0.25, -0.2) is 0 Å². The van der Waals surface area contributed by atoms with Gasteiger partial charge in [-0.05, 0) is 30.7 Å². The van der Waals surface area contributed by atoms with Crippen LogP contribution < -0.4 is 4.72 Å². The maximum atomic E-state index is 12.0. The number of aryl methyl sites for hydroxylation is 2. The summed E-state index contributed by atoms with van der Waals surface area (Å²) in [5.74, 6) is -0.110. The molecule has 0 aliphatic rings. The van der Waals surface area contributed by atoms with E-state index in [2.05, 4.69) is 9.82 Å². The highest BCUT2D eigenvalue weighted by Crippen LogP contribution is 2.26. The van der Waals surface area contributed by atoms with Crippen LogP contribution >= 0.6 is 0 Å². The van der Waals surface area contributed by atoms with E-state index >= 15 is 0 Å². The van der Waals surface area contributed by atoms with Crippen molar-refractivity contribution in [1.29, 1.82) is 0 Å². The number of hydrogen-bond acceptors (Lipinski definition) is 4. The molecule has 0 aliphatic carbocycles. The van der Waals surface area contributed by atoms with Gasteiger partial charge in [0.15, 0.2) is 5.03 Å². The van der Waals surface area contributed by atoms with Gasteiger partial charge < -0.3 is 5.11 Å². The second-order valence-corrected chi connectivity index (χ2v) is 5.55. The van der Waals surface area contributed by atoms with Crippen LogP contribution in [0.25, 0.3) is 0 Å². The molecule has 7 heteroatoms.